The van der Waals surface area contributed by atoms with Crippen LogP contribution in [0.2, 0.25) is 0 Å². The van der Waals surface area contributed by atoms with E-state index in [1.54, 1.807) is 0 Å². The SMILES string of the molecule is COc1ccc(O)c([N+](=O)[O-])c1O. The zero-order valence-corrected chi connectivity index (χ0v) is 6.72. The van der Waals surface area contributed by atoms with Gasteiger partial charge in [-0.25, -0.2) is 0 Å². The fraction of sp³-hybridized carbons (Fsp3) is 0.143. The summed E-state index contributed by atoms with van der Waals surface area (Å²) in [5.74, 6) is -1.32. The molecule has 1 aromatic carbocycles. The lowest BCUT2D eigenvalue weighted by atomic mass is 10.2. The Bertz CT molecular complexity index is 349. The quantitative estimate of drug-likeness (QED) is 0.529. The van der Waals surface area contributed by atoms with Gasteiger partial charge in [0.05, 0.1) is 12.0 Å². The first-order valence-electron chi connectivity index (χ1n) is 3.31. The molecular weight excluding hydrogens is 178 g/mol. The second-order valence-corrected chi connectivity index (χ2v) is 2.24. The zero-order valence-electron chi connectivity index (χ0n) is 6.72. The Morgan fingerprint density at radius 2 is 2.08 bits per heavy atom. The Labute approximate surface area is 73.2 Å². The van der Waals surface area contributed by atoms with Gasteiger partial charge in [-0.15, -0.1) is 0 Å². The van der Waals surface area contributed by atoms with Gasteiger partial charge < -0.3 is 14.9 Å². The van der Waals surface area contributed by atoms with Crippen molar-refractivity contribution in [2.45, 2.75) is 0 Å². The van der Waals surface area contributed by atoms with Gasteiger partial charge in [-0.2, -0.15) is 0 Å². The molecule has 6 nitrogen and oxygen atoms in total. The van der Waals surface area contributed by atoms with E-state index in [1.165, 1.54) is 13.2 Å². The summed E-state index contributed by atoms with van der Waals surface area (Å²) in [6.45, 7) is 0. The highest BCUT2D eigenvalue weighted by atomic mass is 16.6. The van der Waals surface area contributed by atoms with Gasteiger partial charge in [-0.05, 0) is 12.1 Å². The van der Waals surface area contributed by atoms with Crippen LogP contribution in [0.5, 0.6) is 17.2 Å². The molecule has 0 aliphatic heterocycles. The number of nitrogens with zero attached hydrogens (tertiary/aromatic N) is 1. The van der Waals surface area contributed by atoms with Crippen molar-refractivity contribution in [1.29, 1.82) is 0 Å². The Kier molecular flexibility index (Phi) is 2.23. The maximum absolute atomic E-state index is 10.3. The molecule has 0 radical (unpaired) electrons. The van der Waals surface area contributed by atoms with Crippen LogP contribution in [-0.2, 0) is 0 Å². The van der Waals surface area contributed by atoms with Crippen LogP contribution in [0.4, 0.5) is 5.69 Å². The Morgan fingerprint density at radius 3 is 2.54 bits per heavy atom. The fourth-order valence-corrected chi connectivity index (χ4v) is 0.895. The van der Waals surface area contributed by atoms with Crippen molar-refractivity contribution in [3.8, 4) is 17.2 Å². The first kappa shape index (κ1) is 9.11. The third kappa shape index (κ3) is 1.46. The van der Waals surface area contributed by atoms with Gasteiger partial charge in [-0.3, -0.25) is 10.1 Å². The van der Waals surface area contributed by atoms with Crippen LogP contribution in [-0.4, -0.2) is 22.2 Å². The summed E-state index contributed by atoms with van der Waals surface area (Å²) in [5, 5.41) is 28.6. The summed E-state index contributed by atoms with van der Waals surface area (Å²) in [6.07, 6.45) is 0. The van der Waals surface area contributed by atoms with E-state index in [0.29, 0.717) is 0 Å². The molecule has 13 heavy (non-hydrogen) atoms. The molecule has 6 heteroatoms. The molecule has 0 aliphatic rings. The van der Waals surface area contributed by atoms with Crippen molar-refractivity contribution in [1.82, 2.24) is 0 Å². The van der Waals surface area contributed by atoms with Gasteiger partial charge in [0.1, 0.15) is 0 Å². The standard InChI is InChI=1S/C7H7NO5/c1-13-5-3-2-4(9)6(7(5)10)8(11)12/h2-3,9-10H,1H3. The number of ether oxygens (including phenoxy) is 1. The molecule has 0 atom stereocenters. The van der Waals surface area contributed by atoms with E-state index in [9.17, 15) is 15.2 Å². The van der Waals surface area contributed by atoms with Crippen LogP contribution in [0.3, 0.4) is 0 Å². The smallest absolute Gasteiger partial charge is 0.355 e. The van der Waals surface area contributed by atoms with Crippen molar-refractivity contribution in [2.75, 3.05) is 7.11 Å². The second kappa shape index (κ2) is 3.18. The van der Waals surface area contributed by atoms with Gasteiger partial charge in [0.25, 0.3) is 0 Å². The van der Waals surface area contributed by atoms with Crippen LogP contribution in [0, 0.1) is 10.1 Å². The second-order valence-electron chi connectivity index (χ2n) is 2.24. The van der Waals surface area contributed by atoms with Gasteiger partial charge in [0, 0.05) is 0 Å². The Hall–Kier alpha value is -1.98. The van der Waals surface area contributed by atoms with Crippen molar-refractivity contribution in [3.05, 3.63) is 22.2 Å². The number of hydrogen-bond donors (Lipinski definition) is 2. The average Bonchev–Trinajstić information content (AvgIpc) is 2.04. The van der Waals surface area contributed by atoms with Crippen molar-refractivity contribution < 1.29 is 19.9 Å². The highest BCUT2D eigenvalue weighted by Gasteiger charge is 2.23. The molecular formula is C7H7NO5. The summed E-state index contributed by atoms with van der Waals surface area (Å²) >= 11 is 0. The number of benzene rings is 1. The average molecular weight is 185 g/mol. The van der Waals surface area contributed by atoms with Crippen LogP contribution in [0.1, 0.15) is 0 Å². The van der Waals surface area contributed by atoms with Crippen molar-refractivity contribution >= 4 is 5.69 Å². The molecule has 0 bridgehead atoms. The van der Waals surface area contributed by atoms with E-state index in [2.05, 4.69) is 4.74 Å². The summed E-state index contributed by atoms with van der Waals surface area (Å²) in [6, 6.07) is 2.31. The summed E-state index contributed by atoms with van der Waals surface area (Å²) in [5.41, 5.74) is -0.751. The normalized spacial score (nSPS) is 9.62. The molecule has 0 aliphatic carbocycles. The molecule has 0 amide bonds. The number of aromatic hydroxyl groups is 2. The van der Waals surface area contributed by atoms with Gasteiger partial charge in [0.2, 0.25) is 5.75 Å². The molecule has 70 valence electrons. The van der Waals surface area contributed by atoms with E-state index >= 15 is 0 Å². The lowest BCUT2D eigenvalue weighted by Crippen LogP contribution is -1.92. The monoisotopic (exact) mass is 185 g/mol. The predicted octanol–water partition coefficient (Wildman–Crippen LogP) is 1.01. The minimum Gasteiger partial charge on any atom is -0.502 e. The van der Waals surface area contributed by atoms with Crippen LogP contribution < -0.4 is 4.74 Å². The number of phenols is 2. The number of methoxy groups -OCH3 is 1. The topological polar surface area (TPSA) is 92.8 Å². The van der Waals surface area contributed by atoms with Gasteiger partial charge >= 0.3 is 5.69 Å². The first-order valence-corrected chi connectivity index (χ1v) is 3.31. The number of phenolic OH excluding ortho intramolecular Hbond substituents is 2. The molecule has 0 heterocycles. The molecule has 0 unspecified atom stereocenters. The third-order valence-corrected chi connectivity index (χ3v) is 1.50. The first-order chi connectivity index (χ1) is 6.07. The van der Waals surface area contributed by atoms with E-state index in [1.807, 2.05) is 0 Å². The molecule has 0 aromatic heterocycles. The zero-order chi connectivity index (χ0) is 10.0. The minimum atomic E-state index is -0.882. The lowest BCUT2D eigenvalue weighted by molar-refractivity contribution is -0.386. The summed E-state index contributed by atoms with van der Waals surface area (Å²) in [4.78, 5) is 9.46. The van der Waals surface area contributed by atoms with Crippen LogP contribution in [0.25, 0.3) is 0 Å². The maximum Gasteiger partial charge on any atom is 0.355 e. The molecule has 2 N–H and O–H groups in total. The van der Waals surface area contributed by atoms with Gasteiger partial charge in [-0.1, -0.05) is 0 Å². The third-order valence-electron chi connectivity index (χ3n) is 1.50. The molecule has 0 saturated carbocycles. The van der Waals surface area contributed by atoms with Gasteiger partial charge in [0.15, 0.2) is 11.5 Å². The number of nitro benzene ring substituents is 1. The lowest BCUT2D eigenvalue weighted by Gasteiger charge is -2.03. The van der Waals surface area contributed by atoms with E-state index < -0.39 is 22.1 Å². The van der Waals surface area contributed by atoms with Crippen LogP contribution >= 0.6 is 0 Å². The summed E-state index contributed by atoms with van der Waals surface area (Å²) in [7, 11) is 1.26. The number of rotatable bonds is 2. The van der Waals surface area contributed by atoms with Crippen molar-refractivity contribution in [3.63, 3.8) is 0 Å². The Balaban J connectivity index is 3.38. The van der Waals surface area contributed by atoms with Crippen molar-refractivity contribution in [2.24, 2.45) is 0 Å². The fourth-order valence-electron chi connectivity index (χ4n) is 0.895. The molecule has 1 aromatic rings. The summed E-state index contributed by atoms with van der Waals surface area (Å²) < 4.78 is 4.63. The van der Waals surface area contributed by atoms with Crippen LogP contribution in [0.15, 0.2) is 12.1 Å². The minimum absolute atomic E-state index is 0.0514. The molecule has 0 fully saturated rings. The predicted molar refractivity (Wildman–Crippen MR) is 43.0 cm³/mol. The highest BCUT2D eigenvalue weighted by Crippen LogP contribution is 2.41. The number of hydrogen-bond acceptors (Lipinski definition) is 5. The van der Waals surface area contributed by atoms with E-state index in [-0.39, 0.29) is 5.75 Å². The molecule has 0 saturated heterocycles. The molecule has 0 spiro atoms. The molecule has 1 rings (SSSR count). The maximum atomic E-state index is 10.3. The largest absolute Gasteiger partial charge is 0.502 e. The number of nitro groups is 1. The van der Waals surface area contributed by atoms with E-state index in [4.69, 9.17) is 5.11 Å². The van der Waals surface area contributed by atoms with E-state index in [0.717, 1.165) is 6.07 Å². The highest BCUT2D eigenvalue weighted by molar-refractivity contribution is 5.62. The Morgan fingerprint density at radius 1 is 1.46 bits per heavy atom.